The summed E-state index contributed by atoms with van der Waals surface area (Å²) in [7, 11) is 0. The number of anilines is 1. The molecule has 3 rings (SSSR count). The summed E-state index contributed by atoms with van der Waals surface area (Å²) in [6.07, 6.45) is 1.30. The van der Waals surface area contributed by atoms with Gasteiger partial charge < -0.3 is 14.8 Å². The summed E-state index contributed by atoms with van der Waals surface area (Å²) in [6, 6.07) is 9.65. The van der Waals surface area contributed by atoms with Crippen LogP contribution < -0.4 is 5.32 Å². The van der Waals surface area contributed by atoms with E-state index in [1.807, 2.05) is 0 Å². The number of nitrogens with one attached hydrogen (secondary N) is 1. The van der Waals surface area contributed by atoms with Gasteiger partial charge in [0, 0.05) is 5.56 Å². The quantitative estimate of drug-likeness (QED) is 0.774. The van der Waals surface area contributed by atoms with Crippen molar-refractivity contribution in [1.29, 1.82) is 0 Å². The van der Waals surface area contributed by atoms with Crippen LogP contribution in [0.3, 0.4) is 0 Å². The highest BCUT2D eigenvalue weighted by atomic mass is 16.4. The molecule has 6 nitrogen and oxygen atoms in total. The van der Waals surface area contributed by atoms with E-state index in [2.05, 4.69) is 10.3 Å². The zero-order valence-electron chi connectivity index (χ0n) is 11.7. The molecule has 0 unspecified atom stereocenters. The Hall–Kier alpha value is -3.15. The van der Waals surface area contributed by atoms with Gasteiger partial charge in [-0.3, -0.25) is 4.79 Å². The predicted octanol–water partition coefficient (Wildman–Crippen LogP) is 3.09. The van der Waals surface area contributed by atoms with Gasteiger partial charge >= 0.3 is 5.97 Å². The zero-order chi connectivity index (χ0) is 15.7. The van der Waals surface area contributed by atoms with E-state index < -0.39 is 11.9 Å². The molecule has 0 saturated carbocycles. The van der Waals surface area contributed by atoms with Crippen molar-refractivity contribution in [1.82, 2.24) is 4.98 Å². The number of amides is 1. The van der Waals surface area contributed by atoms with Gasteiger partial charge in [-0.25, -0.2) is 9.78 Å². The third-order valence-electron chi connectivity index (χ3n) is 3.25. The van der Waals surface area contributed by atoms with E-state index in [9.17, 15) is 14.7 Å². The van der Waals surface area contributed by atoms with Gasteiger partial charge in [0.1, 0.15) is 5.52 Å². The predicted molar refractivity (Wildman–Crippen MR) is 80.1 cm³/mol. The summed E-state index contributed by atoms with van der Waals surface area (Å²) in [5, 5.41) is 11.8. The van der Waals surface area contributed by atoms with Gasteiger partial charge in [0.05, 0.1) is 11.3 Å². The Bertz CT molecular complexity index is 883. The number of carbonyl (C=O) groups is 2. The number of aromatic carboxylic acids is 1. The average Bonchev–Trinajstić information content (AvgIpc) is 2.96. The van der Waals surface area contributed by atoms with Gasteiger partial charge in [0.2, 0.25) is 0 Å². The monoisotopic (exact) mass is 296 g/mol. The fraction of sp³-hybridized carbons (Fsp3) is 0.0625. The second-order valence-corrected chi connectivity index (χ2v) is 4.84. The number of carboxylic acid groups (broad SMARTS) is 1. The maximum Gasteiger partial charge on any atom is 0.337 e. The molecule has 110 valence electrons. The van der Waals surface area contributed by atoms with E-state index in [-0.39, 0.29) is 11.3 Å². The smallest absolute Gasteiger partial charge is 0.337 e. The maximum absolute atomic E-state index is 12.3. The molecule has 0 aliphatic rings. The van der Waals surface area contributed by atoms with Crippen LogP contribution in [0.15, 0.2) is 47.2 Å². The molecule has 22 heavy (non-hydrogen) atoms. The van der Waals surface area contributed by atoms with Gasteiger partial charge in [-0.1, -0.05) is 11.6 Å². The van der Waals surface area contributed by atoms with Crippen LogP contribution in [-0.4, -0.2) is 22.0 Å². The molecule has 2 N–H and O–H groups in total. The fourth-order valence-electron chi connectivity index (χ4n) is 2.14. The summed E-state index contributed by atoms with van der Waals surface area (Å²) < 4.78 is 5.11. The van der Waals surface area contributed by atoms with Crippen LogP contribution >= 0.6 is 0 Å². The first-order valence-electron chi connectivity index (χ1n) is 6.53. The number of nitrogens with zero attached hydrogens (tertiary/aromatic N) is 1. The summed E-state index contributed by atoms with van der Waals surface area (Å²) >= 11 is 0. The van der Waals surface area contributed by atoms with Gasteiger partial charge in [-0.2, -0.15) is 0 Å². The first-order chi connectivity index (χ1) is 10.5. The van der Waals surface area contributed by atoms with Crippen LogP contribution in [0.1, 0.15) is 26.3 Å². The Morgan fingerprint density at radius 2 is 2.00 bits per heavy atom. The number of aryl methyl sites for hydroxylation is 1. The standard InChI is InChI=1S/C16H12N2O4/c1-9-2-4-12(11(6-9)16(20)21)18-15(19)10-3-5-14-13(7-10)17-8-22-14/h2-8H,1H3,(H,18,19)(H,20,21). The van der Waals surface area contributed by atoms with Crippen LogP contribution in [0, 0.1) is 6.92 Å². The minimum absolute atomic E-state index is 0.0517. The molecule has 0 atom stereocenters. The van der Waals surface area contributed by atoms with Crippen LogP contribution in [0.25, 0.3) is 11.1 Å². The molecule has 0 spiro atoms. The number of benzene rings is 2. The number of rotatable bonds is 3. The van der Waals surface area contributed by atoms with Crippen molar-refractivity contribution in [2.45, 2.75) is 6.92 Å². The van der Waals surface area contributed by atoms with Gasteiger partial charge in [0.25, 0.3) is 5.91 Å². The summed E-state index contributed by atoms with van der Waals surface area (Å²) in [5.74, 6) is -1.50. The first-order valence-corrected chi connectivity index (χ1v) is 6.53. The highest BCUT2D eigenvalue weighted by molar-refractivity contribution is 6.08. The normalized spacial score (nSPS) is 10.6. The van der Waals surface area contributed by atoms with E-state index >= 15 is 0 Å². The van der Waals surface area contributed by atoms with Crippen LogP contribution in [-0.2, 0) is 0 Å². The van der Waals surface area contributed by atoms with Gasteiger partial charge in [-0.15, -0.1) is 0 Å². The van der Waals surface area contributed by atoms with E-state index in [4.69, 9.17) is 4.42 Å². The number of hydrogen-bond acceptors (Lipinski definition) is 4. The van der Waals surface area contributed by atoms with Crippen LogP contribution in [0.4, 0.5) is 5.69 Å². The molecule has 0 bridgehead atoms. The third kappa shape index (κ3) is 2.54. The molecule has 1 aromatic heterocycles. The zero-order valence-corrected chi connectivity index (χ0v) is 11.7. The lowest BCUT2D eigenvalue weighted by atomic mass is 10.1. The van der Waals surface area contributed by atoms with Crippen LogP contribution in [0.5, 0.6) is 0 Å². The lowest BCUT2D eigenvalue weighted by Crippen LogP contribution is -2.15. The van der Waals surface area contributed by atoms with Gasteiger partial charge in [-0.05, 0) is 37.3 Å². The number of hydrogen-bond donors (Lipinski definition) is 2. The Kier molecular flexibility index (Phi) is 3.34. The molecular weight excluding hydrogens is 284 g/mol. The van der Waals surface area contributed by atoms with E-state index in [1.54, 1.807) is 37.3 Å². The lowest BCUT2D eigenvalue weighted by Gasteiger charge is -2.09. The molecule has 0 fully saturated rings. The van der Waals surface area contributed by atoms with Crippen molar-refractivity contribution in [3.63, 3.8) is 0 Å². The molecule has 2 aromatic carbocycles. The van der Waals surface area contributed by atoms with Crippen molar-refractivity contribution in [2.24, 2.45) is 0 Å². The van der Waals surface area contributed by atoms with Crippen LogP contribution in [0.2, 0.25) is 0 Å². The molecule has 1 amide bonds. The third-order valence-corrected chi connectivity index (χ3v) is 3.25. The van der Waals surface area contributed by atoms with Crippen molar-refractivity contribution in [3.8, 4) is 0 Å². The highest BCUT2D eigenvalue weighted by Gasteiger charge is 2.14. The summed E-state index contributed by atoms with van der Waals surface area (Å²) in [5.41, 5.74) is 2.63. The van der Waals surface area contributed by atoms with Crippen molar-refractivity contribution in [3.05, 3.63) is 59.5 Å². The molecule has 6 heteroatoms. The number of aromatic nitrogens is 1. The van der Waals surface area contributed by atoms with E-state index in [0.717, 1.165) is 5.56 Å². The van der Waals surface area contributed by atoms with E-state index in [1.165, 1.54) is 12.5 Å². The molecule has 0 aliphatic carbocycles. The molecule has 0 radical (unpaired) electrons. The van der Waals surface area contributed by atoms with Crippen molar-refractivity contribution < 1.29 is 19.1 Å². The topological polar surface area (TPSA) is 92.4 Å². The largest absolute Gasteiger partial charge is 0.478 e. The Labute approximate surface area is 125 Å². The molecule has 0 aliphatic heterocycles. The molecule has 1 heterocycles. The number of carbonyl (C=O) groups excluding carboxylic acids is 1. The van der Waals surface area contributed by atoms with E-state index in [0.29, 0.717) is 16.7 Å². The summed E-state index contributed by atoms with van der Waals surface area (Å²) in [4.78, 5) is 27.5. The van der Waals surface area contributed by atoms with Crippen molar-refractivity contribution >= 4 is 28.7 Å². The fourth-order valence-corrected chi connectivity index (χ4v) is 2.14. The first kappa shape index (κ1) is 13.8. The Morgan fingerprint density at radius 3 is 2.77 bits per heavy atom. The number of carboxylic acids is 1. The minimum Gasteiger partial charge on any atom is -0.478 e. The second-order valence-electron chi connectivity index (χ2n) is 4.84. The van der Waals surface area contributed by atoms with Crippen molar-refractivity contribution in [2.75, 3.05) is 5.32 Å². The van der Waals surface area contributed by atoms with Gasteiger partial charge in [0.15, 0.2) is 12.0 Å². The number of fused-ring (bicyclic) bond motifs is 1. The molecule has 3 aromatic rings. The maximum atomic E-state index is 12.3. The lowest BCUT2D eigenvalue weighted by molar-refractivity contribution is 0.0698. The SMILES string of the molecule is Cc1ccc(NC(=O)c2ccc3ocnc3c2)c(C(=O)O)c1. The Morgan fingerprint density at radius 1 is 1.18 bits per heavy atom. The molecule has 0 saturated heterocycles. The minimum atomic E-state index is -1.09. The average molecular weight is 296 g/mol. The Balaban J connectivity index is 1.92. The second kappa shape index (κ2) is 5.33. The molecular formula is C16H12N2O4. The summed E-state index contributed by atoms with van der Waals surface area (Å²) in [6.45, 7) is 1.79. The highest BCUT2D eigenvalue weighted by Crippen LogP contribution is 2.20. The number of oxazole rings is 1.